The van der Waals surface area contributed by atoms with Gasteiger partial charge in [0.1, 0.15) is 5.75 Å². The summed E-state index contributed by atoms with van der Waals surface area (Å²) in [6.07, 6.45) is 0. The first-order chi connectivity index (χ1) is 16.6. The number of halogens is 1. The van der Waals surface area contributed by atoms with Crippen LogP contribution in [0.5, 0.6) is 5.75 Å². The maximum absolute atomic E-state index is 13.4. The van der Waals surface area contributed by atoms with Crippen molar-refractivity contribution in [1.82, 2.24) is 19.7 Å². The smallest absolute Gasteiger partial charge is 0.262 e. The minimum atomic E-state index is -0.1000. The number of para-hydroxylation sites is 1. The number of thioether (sulfide) groups is 1. The minimum absolute atomic E-state index is 0.1000. The Morgan fingerprint density at radius 2 is 1.85 bits per heavy atom. The Hall–Kier alpha value is -3.43. The van der Waals surface area contributed by atoms with E-state index in [0.29, 0.717) is 40.1 Å². The first-order valence-corrected chi connectivity index (χ1v) is 12.2. The molecule has 0 saturated heterocycles. The van der Waals surface area contributed by atoms with Gasteiger partial charge in [-0.2, -0.15) is 4.98 Å². The Balaban J connectivity index is 1.45. The van der Waals surface area contributed by atoms with Gasteiger partial charge in [-0.3, -0.25) is 9.36 Å². The van der Waals surface area contributed by atoms with E-state index < -0.39 is 0 Å². The SMILES string of the molecule is COc1cccc(Cn2c(SCc3nc(-c4ccc(Br)cc4)no3)nc3ccccc3c2=O)c1. The number of rotatable bonds is 7. The van der Waals surface area contributed by atoms with Gasteiger partial charge in [0.05, 0.1) is 30.3 Å². The third-order valence-electron chi connectivity index (χ3n) is 5.20. The van der Waals surface area contributed by atoms with Gasteiger partial charge in [-0.05, 0) is 54.1 Å². The van der Waals surface area contributed by atoms with E-state index in [1.54, 1.807) is 17.7 Å². The van der Waals surface area contributed by atoms with Crippen molar-refractivity contribution in [1.29, 1.82) is 0 Å². The predicted octanol–water partition coefficient (Wildman–Crippen LogP) is 5.56. The molecule has 0 bridgehead atoms. The van der Waals surface area contributed by atoms with Gasteiger partial charge in [-0.25, -0.2) is 4.98 Å². The lowest BCUT2D eigenvalue weighted by Gasteiger charge is -2.13. The zero-order valence-electron chi connectivity index (χ0n) is 18.1. The zero-order valence-corrected chi connectivity index (χ0v) is 20.5. The second kappa shape index (κ2) is 9.82. The van der Waals surface area contributed by atoms with Crippen LogP contribution >= 0.6 is 27.7 Å². The number of nitrogens with zero attached hydrogens (tertiary/aromatic N) is 4. The number of ether oxygens (including phenoxy) is 1. The standard InChI is InChI=1S/C25H19BrN4O3S/c1-32-19-6-4-5-16(13-19)14-30-24(31)20-7-2-3-8-21(20)27-25(30)34-15-22-28-23(29-33-22)17-9-11-18(26)12-10-17/h2-13H,14-15H2,1H3. The quantitative estimate of drug-likeness (QED) is 0.199. The number of methoxy groups -OCH3 is 1. The molecule has 0 spiro atoms. The lowest BCUT2D eigenvalue weighted by molar-refractivity contribution is 0.391. The highest BCUT2D eigenvalue weighted by atomic mass is 79.9. The van der Waals surface area contributed by atoms with Crippen LogP contribution in [0.15, 0.2) is 91.7 Å². The van der Waals surface area contributed by atoms with Crippen molar-refractivity contribution in [2.24, 2.45) is 0 Å². The van der Waals surface area contributed by atoms with Crippen molar-refractivity contribution >= 4 is 38.6 Å². The fraction of sp³-hybridized carbons (Fsp3) is 0.120. The topological polar surface area (TPSA) is 83.0 Å². The monoisotopic (exact) mass is 534 g/mol. The van der Waals surface area contributed by atoms with Crippen LogP contribution in [0.4, 0.5) is 0 Å². The van der Waals surface area contributed by atoms with Crippen LogP contribution in [0.1, 0.15) is 11.5 Å². The number of fused-ring (bicyclic) bond motifs is 1. The molecule has 2 aromatic heterocycles. The van der Waals surface area contributed by atoms with E-state index in [-0.39, 0.29) is 5.56 Å². The fourth-order valence-corrected chi connectivity index (χ4v) is 4.61. The van der Waals surface area contributed by atoms with Crippen molar-refractivity contribution in [3.05, 3.63) is 99.1 Å². The Morgan fingerprint density at radius 1 is 1.03 bits per heavy atom. The molecule has 2 heterocycles. The highest BCUT2D eigenvalue weighted by Crippen LogP contribution is 2.25. The summed E-state index contributed by atoms with van der Waals surface area (Å²) in [4.78, 5) is 22.6. The van der Waals surface area contributed by atoms with Gasteiger partial charge in [-0.1, -0.05) is 57.1 Å². The molecule has 0 unspecified atom stereocenters. The molecule has 0 aliphatic rings. The Kier molecular flexibility index (Phi) is 6.46. The molecule has 9 heteroatoms. The molecule has 5 aromatic rings. The summed E-state index contributed by atoms with van der Waals surface area (Å²) >= 11 is 4.81. The molecule has 0 saturated carbocycles. The summed E-state index contributed by atoms with van der Waals surface area (Å²) in [5, 5.41) is 5.24. The second-order valence-corrected chi connectivity index (χ2v) is 9.32. The molecule has 7 nitrogen and oxygen atoms in total. The molecule has 0 amide bonds. The van der Waals surface area contributed by atoms with E-state index in [1.165, 1.54) is 11.8 Å². The molecule has 170 valence electrons. The maximum atomic E-state index is 13.4. The van der Waals surface area contributed by atoms with Gasteiger partial charge >= 0.3 is 0 Å². The van der Waals surface area contributed by atoms with Crippen LogP contribution in [0.25, 0.3) is 22.3 Å². The summed E-state index contributed by atoms with van der Waals surface area (Å²) in [5.74, 6) is 2.09. The zero-order chi connectivity index (χ0) is 23.5. The Morgan fingerprint density at radius 3 is 2.68 bits per heavy atom. The largest absolute Gasteiger partial charge is 0.497 e. The second-order valence-electron chi connectivity index (χ2n) is 7.46. The van der Waals surface area contributed by atoms with Crippen molar-refractivity contribution in [2.75, 3.05) is 7.11 Å². The van der Waals surface area contributed by atoms with E-state index >= 15 is 0 Å². The van der Waals surface area contributed by atoms with Gasteiger partial charge in [0.2, 0.25) is 11.7 Å². The molecule has 0 atom stereocenters. The molecule has 0 radical (unpaired) electrons. The Labute approximate surface area is 207 Å². The molecule has 0 aliphatic heterocycles. The summed E-state index contributed by atoms with van der Waals surface area (Å²) in [6, 6.07) is 22.7. The van der Waals surface area contributed by atoms with Crippen LogP contribution in [0.2, 0.25) is 0 Å². The third-order valence-corrected chi connectivity index (χ3v) is 6.69. The molecular weight excluding hydrogens is 516 g/mol. The first kappa shape index (κ1) is 22.4. The van der Waals surface area contributed by atoms with Crippen LogP contribution in [-0.4, -0.2) is 26.8 Å². The maximum Gasteiger partial charge on any atom is 0.262 e. The highest BCUT2D eigenvalue weighted by Gasteiger charge is 2.15. The third kappa shape index (κ3) is 4.76. The van der Waals surface area contributed by atoms with Gasteiger partial charge in [0, 0.05) is 10.0 Å². The highest BCUT2D eigenvalue weighted by molar-refractivity contribution is 9.10. The fourth-order valence-electron chi connectivity index (χ4n) is 3.51. The molecule has 3 aromatic carbocycles. The van der Waals surface area contributed by atoms with E-state index in [4.69, 9.17) is 14.2 Å². The van der Waals surface area contributed by atoms with E-state index in [0.717, 1.165) is 21.3 Å². The van der Waals surface area contributed by atoms with E-state index in [1.807, 2.05) is 66.7 Å². The summed E-state index contributed by atoms with van der Waals surface area (Å²) in [7, 11) is 1.62. The lowest BCUT2D eigenvalue weighted by Crippen LogP contribution is -2.24. The number of benzene rings is 3. The number of hydrogen-bond acceptors (Lipinski definition) is 7. The summed E-state index contributed by atoms with van der Waals surface area (Å²) in [6.45, 7) is 0.365. The van der Waals surface area contributed by atoms with Crippen LogP contribution in [0, 0.1) is 0 Å². The molecule has 0 aliphatic carbocycles. The normalized spacial score (nSPS) is 11.1. The van der Waals surface area contributed by atoms with Gasteiger partial charge in [0.25, 0.3) is 5.56 Å². The molecule has 0 N–H and O–H groups in total. The van der Waals surface area contributed by atoms with Crippen molar-refractivity contribution in [3.63, 3.8) is 0 Å². The van der Waals surface area contributed by atoms with Crippen molar-refractivity contribution in [3.8, 4) is 17.1 Å². The summed E-state index contributed by atoms with van der Waals surface area (Å²) in [5.41, 5.74) is 2.35. The lowest BCUT2D eigenvalue weighted by atomic mass is 10.2. The van der Waals surface area contributed by atoms with Gasteiger partial charge in [0.15, 0.2) is 5.16 Å². The molecule has 34 heavy (non-hydrogen) atoms. The van der Waals surface area contributed by atoms with Crippen LogP contribution in [0.3, 0.4) is 0 Å². The summed E-state index contributed by atoms with van der Waals surface area (Å²) < 4.78 is 13.4. The molecule has 0 fully saturated rings. The molecular formula is C25H19BrN4O3S. The number of aromatic nitrogens is 4. The van der Waals surface area contributed by atoms with Crippen LogP contribution in [-0.2, 0) is 12.3 Å². The van der Waals surface area contributed by atoms with Crippen molar-refractivity contribution < 1.29 is 9.26 Å². The van der Waals surface area contributed by atoms with E-state index in [2.05, 4.69) is 26.1 Å². The molecule has 5 rings (SSSR count). The van der Waals surface area contributed by atoms with Crippen LogP contribution < -0.4 is 10.3 Å². The average molecular weight is 535 g/mol. The average Bonchev–Trinajstić information content (AvgIpc) is 3.34. The van der Waals surface area contributed by atoms with Gasteiger partial charge < -0.3 is 9.26 Å². The van der Waals surface area contributed by atoms with Gasteiger partial charge in [-0.15, -0.1) is 0 Å². The first-order valence-electron chi connectivity index (χ1n) is 10.4. The predicted molar refractivity (Wildman–Crippen MR) is 135 cm³/mol. The van der Waals surface area contributed by atoms with E-state index in [9.17, 15) is 4.79 Å². The number of hydrogen-bond donors (Lipinski definition) is 0. The Bertz CT molecular complexity index is 1520. The minimum Gasteiger partial charge on any atom is -0.497 e. The van der Waals surface area contributed by atoms with Crippen molar-refractivity contribution in [2.45, 2.75) is 17.5 Å².